The van der Waals surface area contributed by atoms with Crippen LogP contribution in [0, 0.1) is 18.3 Å². The third kappa shape index (κ3) is 6.98. The lowest BCUT2D eigenvalue weighted by Gasteiger charge is -2.20. The normalized spacial score (nSPS) is 12.0. The highest BCUT2D eigenvalue weighted by Crippen LogP contribution is 2.37. The average Bonchev–Trinajstić information content (AvgIpc) is 3.00. The number of pyridine rings is 1. The van der Waals surface area contributed by atoms with E-state index in [2.05, 4.69) is 51.4 Å². The van der Waals surface area contributed by atoms with Gasteiger partial charge in [-0.1, -0.05) is 24.3 Å². The van der Waals surface area contributed by atoms with Crippen molar-refractivity contribution in [2.24, 2.45) is 0 Å². The number of nitrogens with zero attached hydrogens (tertiary/aromatic N) is 2. The maximum Gasteiger partial charge on any atom is 0.161 e. The second-order valence-corrected chi connectivity index (χ2v) is 10.4. The van der Waals surface area contributed by atoms with Crippen molar-refractivity contribution in [1.82, 2.24) is 10.3 Å². The average molecular weight is 617 g/mol. The number of rotatable bonds is 11. The lowest BCUT2D eigenvalue weighted by molar-refractivity contribution is 0.171. The number of hydrogen-bond acceptors (Lipinski definition) is 8. The van der Waals surface area contributed by atoms with Crippen molar-refractivity contribution in [3.05, 3.63) is 99.3 Å². The van der Waals surface area contributed by atoms with Crippen LogP contribution in [-0.2, 0) is 19.8 Å². The monoisotopic (exact) mass is 615 g/mol. The maximum atomic E-state index is 9.19. The van der Waals surface area contributed by atoms with Gasteiger partial charge in [-0.15, -0.1) is 0 Å². The topological polar surface area (TPSA) is 106 Å². The number of benzene rings is 3. The van der Waals surface area contributed by atoms with Crippen LogP contribution in [0.3, 0.4) is 0 Å². The van der Waals surface area contributed by atoms with Crippen LogP contribution in [0.2, 0.25) is 0 Å². The minimum atomic E-state index is 0.0375. The third-order valence-electron chi connectivity index (χ3n) is 6.72. The van der Waals surface area contributed by atoms with Crippen molar-refractivity contribution in [3.8, 4) is 40.2 Å². The van der Waals surface area contributed by atoms with Gasteiger partial charge in [-0.25, -0.2) is 0 Å². The lowest BCUT2D eigenvalue weighted by atomic mass is 9.96. The maximum absolute atomic E-state index is 9.19. The molecule has 0 unspecified atom stereocenters. The molecule has 5 rings (SSSR count). The van der Waals surface area contributed by atoms with Gasteiger partial charge >= 0.3 is 0 Å². The number of nitrogens with one attached hydrogen (secondary N) is 1. The number of hydrogen-bond donors (Lipinski definition) is 2. The summed E-state index contributed by atoms with van der Waals surface area (Å²) in [4.78, 5) is 4.12. The molecule has 0 radical (unpaired) electrons. The van der Waals surface area contributed by atoms with E-state index in [1.54, 1.807) is 12.3 Å². The van der Waals surface area contributed by atoms with Crippen molar-refractivity contribution >= 4 is 15.9 Å². The van der Waals surface area contributed by atoms with E-state index in [4.69, 9.17) is 18.9 Å². The zero-order valence-electron chi connectivity index (χ0n) is 22.7. The molecule has 0 saturated carbocycles. The van der Waals surface area contributed by atoms with Gasteiger partial charge in [0, 0.05) is 42.7 Å². The Morgan fingerprint density at radius 3 is 2.63 bits per heavy atom. The molecule has 0 spiro atoms. The Labute approximate surface area is 247 Å². The van der Waals surface area contributed by atoms with E-state index in [0.717, 1.165) is 49.4 Å². The molecule has 1 aliphatic rings. The van der Waals surface area contributed by atoms with Crippen LogP contribution < -0.4 is 24.3 Å². The van der Waals surface area contributed by atoms with Crippen LogP contribution in [0.1, 0.15) is 27.8 Å². The van der Waals surface area contributed by atoms with Gasteiger partial charge in [0.2, 0.25) is 0 Å². The van der Waals surface area contributed by atoms with Crippen LogP contribution >= 0.6 is 15.9 Å². The molecule has 0 amide bonds. The summed E-state index contributed by atoms with van der Waals surface area (Å²) in [6, 6.07) is 19.9. The highest BCUT2D eigenvalue weighted by molar-refractivity contribution is 9.10. The molecule has 2 heterocycles. The van der Waals surface area contributed by atoms with E-state index in [1.165, 1.54) is 6.20 Å². The first-order valence-electron chi connectivity index (χ1n) is 13.3. The quantitative estimate of drug-likeness (QED) is 0.207. The zero-order valence-corrected chi connectivity index (χ0v) is 24.2. The van der Waals surface area contributed by atoms with Gasteiger partial charge in [0.05, 0.1) is 16.6 Å². The molecule has 41 heavy (non-hydrogen) atoms. The molecule has 0 bridgehead atoms. The number of aromatic nitrogens is 1. The number of halogens is 1. The third-order valence-corrected chi connectivity index (χ3v) is 7.34. The smallest absolute Gasteiger partial charge is 0.161 e. The first-order chi connectivity index (χ1) is 20.1. The first kappa shape index (κ1) is 28.4. The number of ether oxygens (including phenoxy) is 4. The number of aliphatic hydroxyl groups is 1. The van der Waals surface area contributed by atoms with Crippen molar-refractivity contribution in [3.63, 3.8) is 0 Å². The summed E-state index contributed by atoms with van der Waals surface area (Å²) in [6.45, 7) is 4.80. The molecular weight excluding hydrogens is 586 g/mol. The fourth-order valence-corrected chi connectivity index (χ4v) is 5.07. The summed E-state index contributed by atoms with van der Waals surface area (Å²) in [7, 11) is 0. The molecule has 4 aromatic rings. The summed E-state index contributed by atoms with van der Waals surface area (Å²) in [5, 5.41) is 21.6. The Morgan fingerprint density at radius 2 is 1.80 bits per heavy atom. The van der Waals surface area contributed by atoms with Crippen LogP contribution in [0.4, 0.5) is 0 Å². The Morgan fingerprint density at radius 1 is 0.976 bits per heavy atom. The highest BCUT2D eigenvalue weighted by Gasteiger charge is 2.16. The minimum absolute atomic E-state index is 0.0375. The molecular formula is C32H30BrN3O5. The first-order valence-corrected chi connectivity index (χ1v) is 14.1. The van der Waals surface area contributed by atoms with Gasteiger partial charge in [-0.2, -0.15) is 5.26 Å². The SMILES string of the molecule is Cc1c(COc2cc(OCc3cncc(C#N)c3)c(CNCCO)cc2Br)cccc1-c1ccc2c(c1)OCCO2. The second-order valence-electron chi connectivity index (χ2n) is 9.51. The second kappa shape index (κ2) is 13.5. The molecule has 210 valence electrons. The molecule has 1 aliphatic heterocycles. The minimum Gasteiger partial charge on any atom is -0.488 e. The number of fused-ring (bicyclic) bond motifs is 1. The molecule has 0 saturated heterocycles. The molecule has 1 aromatic heterocycles. The zero-order chi connectivity index (χ0) is 28.6. The van der Waals surface area contributed by atoms with Crippen LogP contribution in [0.25, 0.3) is 11.1 Å². The van der Waals surface area contributed by atoms with Crippen molar-refractivity contribution < 1.29 is 24.1 Å². The van der Waals surface area contributed by atoms with Gasteiger partial charge in [-0.05, 0) is 69.4 Å². The predicted octanol–water partition coefficient (Wildman–Crippen LogP) is 5.70. The van der Waals surface area contributed by atoms with Crippen LogP contribution in [0.5, 0.6) is 23.0 Å². The summed E-state index contributed by atoms with van der Waals surface area (Å²) in [6.07, 6.45) is 3.20. The standard InChI is InChI=1S/C32H30BrN3O5/c1-21-25(3-2-4-27(21)24-5-6-29-32(13-24)39-10-9-38-29)20-41-31-14-30(26(12-28(31)33)18-35-7-8-37)40-19-23-11-22(15-34)16-36-17-23/h2-6,11-14,16-17,35,37H,7-10,18-20H2,1H3. The summed E-state index contributed by atoms with van der Waals surface area (Å²) in [5.74, 6) is 2.80. The van der Waals surface area contributed by atoms with Crippen LogP contribution in [-0.4, -0.2) is 36.5 Å². The Balaban J connectivity index is 1.35. The highest BCUT2D eigenvalue weighted by atomic mass is 79.9. The van der Waals surface area contributed by atoms with Gasteiger partial charge in [0.25, 0.3) is 0 Å². The Hall–Kier alpha value is -4.10. The molecule has 2 N–H and O–H groups in total. The molecule has 0 atom stereocenters. The Bertz CT molecular complexity index is 1570. The van der Waals surface area contributed by atoms with Gasteiger partial charge in [-0.3, -0.25) is 4.98 Å². The van der Waals surface area contributed by atoms with E-state index >= 15 is 0 Å². The van der Waals surface area contributed by atoms with Gasteiger partial charge < -0.3 is 29.4 Å². The summed E-state index contributed by atoms with van der Waals surface area (Å²) in [5.41, 5.74) is 6.50. The van der Waals surface area contributed by atoms with Crippen molar-refractivity contribution in [1.29, 1.82) is 5.26 Å². The predicted molar refractivity (Wildman–Crippen MR) is 158 cm³/mol. The molecule has 9 heteroatoms. The number of aliphatic hydroxyl groups excluding tert-OH is 1. The molecule has 3 aromatic carbocycles. The van der Waals surface area contributed by atoms with Crippen molar-refractivity contribution in [2.45, 2.75) is 26.7 Å². The summed E-state index contributed by atoms with van der Waals surface area (Å²) < 4.78 is 24.7. The summed E-state index contributed by atoms with van der Waals surface area (Å²) >= 11 is 3.65. The van der Waals surface area contributed by atoms with E-state index < -0.39 is 0 Å². The lowest BCUT2D eigenvalue weighted by Crippen LogP contribution is -2.18. The van der Waals surface area contributed by atoms with E-state index in [0.29, 0.717) is 50.0 Å². The van der Waals surface area contributed by atoms with E-state index in [-0.39, 0.29) is 13.2 Å². The number of nitriles is 1. The van der Waals surface area contributed by atoms with Crippen molar-refractivity contribution in [2.75, 3.05) is 26.4 Å². The molecule has 8 nitrogen and oxygen atoms in total. The molecule has 0 fully saturated rings. The van der Waals surface area contributed by atoms with E-state index in [9.17, 15) is 10.4 Å². The van der Waals surface area contributed by atoms with Crippen LogP contribution in [0.15, 0.2) is 71.5 Å². The van der Waals surface area contributed by atoms with Gasteiger partial charge in [0.15, 0.2) is 11.5 Å². The van der Waals surface area contributed by atoms with E-state index in [1.807, 2.05) is 36.4 Å². The Kier molecular flexibility index (Phi) is 9.36. The van der Waals surface area contributed by atoms with Gasteiger partial charge in [0.1, 0.15) is 44.0 Å². The molecule has 0 aliphatic carbocycles. The fourth-order valence-electron chi connectivity index (χ4n) is 4.57. The largest absolute Gasteiger partial charge is 0.488 e. The fraction of sp³-hybridized carbons (Fsp3) is 0.250.